The van der Waals surface area contributed by atoms with E-state index in [9.17, 15) is 9.59 Å². The first-order chi connectivity index (χ1) is 12.9. The van der Waals surface area contributed by atoms with Crippen molar-refractivity contribution in [1.82, 2.24) is 15.9 Å². The predicted molar refractivity (Wildman–Crippen MR) is 109 cm³/mol. The second-order valence-corrected chi connectivity index (χ2v) is 7.09. The summed E-state index contributed by atoms with van der Waals surface area (Å²) in [6.45, 7) is 3.48. The topological polar surface area (TPSA) is 85.8 Å². The third-order valence-corrected chi connectivity index (χ3v) is 4.75. The summed E-state index contributed by atoms with van der Waals surface area (Å²) in [5, 5.41) is 15.2. The van der Waals surface area contributed by atoms with Gasteiger partial charge in [-0.05, 0) is 31.2 Å². The zero-order valence-corrected chi connectivity index (χ0v) is 16.6. The number of halogens is 2. The van der Waals surface area contributed by atoms with E-state index in [1.807, 2.05) is 13.0 Å². The Bertz CT molecular complexity index is 717. The first-order valence-electron chi connectivity index (χ1n) is 8.71. The van der Waals surface area contributed by atoms with Crippen molar-refractivity contribution in [1.29, 1.82) is 0 Å². The van der Waals surface area contributed by atoms with Gasteiger partial charge in [0.1, 0.15) is 5.84 Å². The Kier molecular flexibility index (Phi) is 8.41. The number of anilines is 1. The van der Waals surface area contributed by atoms with Crippen molar-refractivity contribution < 1.29 is 9.59 Å². The molecule has 0 bridgehead atoms. The lowest BCUT2D eigenvalue weighted by Crippen LogP contribution is -2.34. The SMILES string of the molecule is [B]NCCC(=O)NCCCC(=O)NC1=NN(c2ccc(Cl)c(Cl)c2)CC1C. The lowest BCUT2D eigenvalue weighted by Gasteiger charge is -2.14. The van der Waals surface area contributed by atoms with Gasteiger partial charge in [0.2, 0.25) is 11.8 Å². The fourth-order valence-electron chi connectivity index (χ4n) is 2.53. The average Bonchev–Trinajstić information content (AvgIpc) is 2.99. The molecule has 7 nitrogen and oxygen atoms in total. The van der Waals surface area contributed by atoms with E-state index in [0.717, 1.165) is 5.69 Å². The van der Waals surface area contributed by atoms with Crippen molar-refractivity contribution in [2.24, 2.45) is 11.0 Å². The van der Waals surface area contributed by atoms with E-state index in [1.165, 1.54) is 0 Å². The molecule has 2 radical (unpaired) electrons. The molecule has 1 atom stereocenters. The summed E-state index contributed by atoms with van der Waals surface area (Å²) in [7, 11) is 5.11. The molecule has 1 aromatic carbocycles. The van der Waals surface area contributed by atoms with E-state index in [2.05, 4.69) is 21.0 Å². The van der Waals surface area contributed by atoms with Crippen LogP contribution in [0, 0.1) is 5.92 Å². The molecule has 1 unspecified atom stereocenters. The molecule has 2 rings (SSSR count). The zero-order chi connectivity index (χ0) is 19.8. The van der Waals surface area contributed by atoms with E-state index in [4.69, 9.17) is 31.2 Å². The lowest BCUT2D eigenvalue weighted by atomic mass is 10.1. The van der Waals surface area contributed by atoms with Gasteiger partial charge in [-0.3, -0.25) is 14.6 Å². The fourth-order valence-corrected chi connectivity index (χ4v) is 2.82. The van der Waals surface area contributed by atoms with Crippen molar-refractivity contribution in [3.63, 3.8) is 0 Å². The molecule has 0 saturated heterocycles. The van der Waals surface area contributed by atoms with Crippen LogP contribution < -0.4 is 20.9 Å². The molecule has 10 heteroatoms. The first-order valence-corrected chi connectivity index (χ1v) is 9.47. The molecule has 3 N–H and O–H groups in total. The van der Waals surface area contributed by atoms with Crippen LogP contribution in [0.15, 0.2) is 23.3 Å². The molecule has 1 aliphatic rings. The minimum absolute atomic E-state index is 0.0758. The van der Waals surface area contributed by atoms with Crippen molar-refractivity contribution >= 4 is 54.5 Å². The van der Waals surface area contributed by atoms with Crippen LogP contribution in [-0.2, 0) is 9.59 Å². The van der Waals surface area contributed by atoms with Crippen LogP contribution in [0.2, 0.25) is 10.0 Å². The standard InChI is InChI=1S/C17H22BCl2N5O2/c1-11-10-25(12-4-5-13(19)14(20)9-12)24-17(11)23-16(27)3-2-7-21-15(26)6-8-22-18/h4-5,9,11,22H,2-3,6-8,10H2,1H3,(H,21,26)(H,23,24,27). The van der Waals surface area contributed by atoms with Crippen LogP contribution in [-0.4, -0.2) is 45.3 Å². The van der Waals surface area contributed by atoms with E-state index < -0.39 is 0 Å². The molecule has 1 aliphatic heterocycles. The number of benzene rings is 1. The Balaban J connectivity index is 1.79. The van der Waals surface area contributed by atoms with Gasteiger partial charge < -0.3 is 15.9 Å². The van der Waals surface area contributed by atoms with Crippen molar-refractivity contribution in [2.45, 2.75) is 26.2 Å². The smallest absolute Gasteiger partial charge is 0.225 e. The van der Waals surface area contributed by atoms with Gasteiger partial charge in [0.05, 0.1) is 22.3 Å². The van der Waals surface area contributed by atoms with Gasteiger partial charge in [0.25, 0.3) is 0 Å². The van der Waals surface area contributed by atoms with Gasteiger partial charge in [-0.25, -0.2) is 0 Å². The first kappa shape index (κ1) is 21.5. The number of nitrogens with one attached hydrogen (secondary N) is 3. The van der Waals surface area contributed by atoms with Crippen molar-refractivity contribution in [3.8, 4) is 0 Å². The minimum atomic E-state index is -0.130. The normalized spacial score (nSPS) is 16.2. The maximum Gasteiger partial charge on any atom is 0.225 e. The van der Waals surface area contributed by atoms with E-state index in [0.29, 0.717) is 54.8 Å². The molecular formula is C17H22BCl2N5O2. The van der Waals surface area contributed by atoms with Crippen molar-refractivity contribution in [3.05, 3.63) is 28.2 Å². The quantitative estimate of drug-likeness (QED) is 0.451. The number of amides is 2. The molecule has 1 aromatic rings. The zero-order valence-electron chi connectivity index (χ0n) is 15.1. The minimum Gasteiger partial charge on any atom is -0.366 e. The van der Waals surface area contributed by atoms with Crippen LogP contribution in [0.1, 0.15) is 26.2 Å². The number of hydrazone groups is 1. The maximum absolute atomic E-state index is 12.1. The van der Waals surface area contributed by atoms with Gasteiger partial charge >= 0.3 is 0 Å². The lowest BCUT2D eigenvalue weighted by molar-refractivity contribution is -0.122. The highest BCUT2D eigenvalue weighted by atomic mass is 35.5. The summed E-state index contributed by atoms with van der Waals surface area (Å²) in [5.41, 5.74) is 0.815. The van der Waals surface area contributed by atoms with E-state index in [-0.39, 0.29) is 17.7 Å². The predicted octanol–water partition coefficient (Wildman–Crippen LogP) is 1.84. The summed E-state index contributed by atoms with van der Waals surface area (Å²) in [4.78, 5) is 23.5. The second kappa shape index (κ2) is 10.5. The van der Waals surface area contributed by atoms with E-state index >= 15 is 0 Å². The molecule has 0 fully saturated rings. The molecule has 0 aliphatic carbocycles. The number of nitrogens with zero attached hydrogens (tertiary/aromatic N) is 2. The molecule has 0 saturated carbocycles. The fraction of sp³-hybridized carbons (Fsp3) is 0.471. The van der Waals surface area contributed by atoms with Crippen LogP contribution >= 0.6 is 23.2 Å². The molecule has 27 heavy (non-hydrogen) atoms. The summed E-state index contributed by atoms with van der Waals surface area (Å²) >= 11 is 12.0. The summed E-state index contributed by atoms with van der Waals surface area (Å²) in [6, 6.07) is 5.29. The summed E-state index contributed by atoms with van der Waals surface area (Å²) < 4.78 is 0. The number of hydrogen-bond acceptors (Lipinski definition) is 5. The molecule has 144 valence electrons. The van der Waals surface area contributed by atoms with Crippen molar-refractivity contribution in [2.75, 3.05) is 24.6 Å². The number of hydrogen-bond donors (Lipinski definition) is 3. The third-order valence-electron chi connectivity index (χ3n) is 4.01. The summed E-state index contributed by atoms with van der Waals surface area (Å²) in [6.07, 6.45) is 1.15. The Labute approximate surface area is 170 Å². The van der Waals surface area contributed by atoms with Crippen LogP contribution in [0.3, 0.4) is 0 Å². The Morgan fingerprint density at radius 1 is 1.22 bits per heavy atom. The Hall–Kier alpha value is -1.77. The van der Waals surface area contributed by atoms with Gasteiger partial charge in [-0.2, -0.15) is 5.10 Å². The van der Waals surface area contributed by atoms with Gasteiger partial charge in [0, 0.05) is 25.3 Å². The molecular weight excluding hydrogens is 388 g/mol. The highest BCUT2D eigenvalue weighted by Gasteiger charge is 2.25. The van der Waals surface area contributed by atoms with E-state index in [1.54, 1.807) is 17.1 Å². The van der Waals surface area contributed by atoms with Gasteiger partial charge in [0.15, 0.2) is 7.98 Å². The van der Waals surface area contributed by atoms with Gasteiger partial charge in [-0.15, -0.1) is 0 Å². The molecule has 2 amide bonds. The largest absolute Gasteiger partial charge is 0.366 e. The average molecular weight is 410 g/mol. The Morgan fingerprint density at radius 2 is 2.00 bits per heavy atom. The highest BCUT2D eigenvalue weighted by Crippen LogP contribution is 2.29. The number of carbonyl (C=O) groups excluding carboxylic acids is 2. The monoisotopic (exact) mass is 409 g/mol. The maximum atomic E-state index is 12.1. The molecule has 0 spiro atoms. The second-order valence-electron chi connectivity index (χ2n) is 6.27. The van der Waals surface area contributed by atoms with Crippen LogP contribution in [0.25, 0.3) is 0 Å². The van der Waals surface area contributed by atoms with Gasteiger partial charge in [-0.1, -0.05) is 30.1 Å². The molecule has 0 aromatic heterocycles. The number of rotatable bonds is 8. The molecule has 1 heterocycles. The number of amidine groups is 1. The van der Waals surface area contributed by atoms with Crippen LogP contribution in [0.4, 0.5) is 5.69 Å². The van der Waals surface area contributed by atoms with Crippen LogP contribution in [0.5, 0.6) is 0 Å². The Morgan fingerprint density at radius 3 is 2.70 bits per heavy atom. The third kappa shape index (κ3) is 6.72. The summed E-state index contributed by atoms with van der Waals surface area (Å²) in [5.74, 6) is 0.463. The number of carbonyl (C=O) groups is 2. The highest BCUT2D eigenvalue weighted by molar-refractivity contribution is 6.42.